The van der Waals surface area contributed by atoms with Crippen molar-refractivity contribution in [2.45, 2.75) is 25.3 Å². The molecule has 1 N–H and O–H groups in total. The third kappa shape index (κ3) is 2.51. The maximum atomic E-state index is 12.1. The summed E-state index contributed by atoms with van der Waals surface area (Å²) >= 11 is 0. The van der Waals surface area contributed by atoms with Gasteiger partial charge in [-0.05, 0) is 24.5 Å². The van der Waals surface area contributed by atoms with Crippen LogP contribution < -0.4 is 5.32 Å². The summed E-state index contributed by atoms with van der Waals surface area (Å²) < 4.78 is 6.74. The van der Waals surface area contributed by atoms with Crippen molar-refractivity contribution in [3.8, 4) is 0 Å². The molecular formula is C16H18N2O3. The zero-order valence-corrected chi connectivity index (χ0v) is 12.0. The average Bonchev–Trinajstić information content (AvgIpc) is 2.86. The van der Waals surface area contributed by atoms with Gasteiger partial charge in [0.05, 0.1) is 13.5 Å². The Labute approximate surface area is 122 Å². The number of piperidine rings is 1. The number of para-hydroxylation sites is 1. The zero-order valence-electron chi connectivity index (χ0n) is 12.0. The number of amides is 1. The molecule has 2 aromatic rings. The molecule has 1 saturated heterocycles. The van der Waals surface area contributed by atoms with E-state index in [1.165, 1.54) is 7.11 Å². The van der Waals surface area contributed by atoms with E-state index in [1.807, 2.05) is 35.0 Å². The molecule has 0 bridgehead atoms. The van der Waals surface area contributed by atoms with Crippen LogP contribution in [0.4, 0.5) is 0 Å². The van der Waals surface area contributed by atoms with Gasteiger partial charge in [-0.15, -0.1) is 0 Å². The Kier molecular flexibility index (Phi) is 3.64. The number of methoxy groups -OCH3 is 1. The number of hydrogen-bond donors (Lipinski definition) is 1. The molecule has 5 heteroatoms. The van der Waals surface area contributed by atoms with Crippen LogP contribution >= 0.6 is 0 Å². The van der Waals surface area contributed by atoms with E-state index in [4.69, 9.17) is 4.74 Å². The summed E-state index contributed by atoms with van der Waals surface area (Å²) in [6, 6.07) is 7.65. The topological polar surface area (TPSA) is 60.3 Å². The highest BCUT2D eigenvalue weighted by molar-refractivity contribution is 5.90. The first kappa shape index (κ1) is 13.7. The second kappa shape index (κ2) is 5.60. The molecule has 0 aliphatic carbocycles. The lowest BCUT2D eigenvalue weighted by Gasteiger charge is -2.24. The SMILES string of the molecule is COC(=O)Cc1cn(C2CCCNC2=O)c2ccccc12. The zero-order chi connectivity index (χ0) is 14.8. The summed E-state index contributed by atoms with van der Waals surface area (Å²) in [5, 5.41) is 3.91. The molecule has 1 aromatic carbocycles. The Morgan fingerprint density at radius 3 is 3.00 bits per heavy atom. The molecule has 1 aliphatic rings. The van der Waals surface area contributed by atoms with Gasteiger partial charge in [-0.1, -0.05) is 18.2 Å². The predicted octanol–water partition coefficient (Wildman–Crippen LogP) is 1.81. The number of ether oxygens (including phenoxy) is 1. The van der Waals surface area contributed by atoms with Crippen LogP contribution in [-0.2, 0) is 20.7 Å². The Morgan fingerprint density at radius 1 is 1.43 bits per heavy atom. The third-order valence-electron chi connectivity index (χ3n) is 3.98. The Hall–Kier alpha value is -2.30. The molecule has 1 aliphatic heterocycles. The van der Waals surface area contributed by atoms with Gasteiger partial charge in [0.1, 0.15) is 6.04 Å². The highest BCUT2D eigenvalue weighted by Gasteiger charge is 2.25. The Bertz CT molecular complexity index is 690. The van der Waals surface area contributed by atoms with Gasteiger partial charge in [0.2, 0.25) is 5.91 Å². The minimum Gasteiger partial charge on any atom is -0.469 e. The molecule has 1 aromatic heterocycles. The number of carbonyl (C=O) groups excluding carboxylic acids is 2. The largest absolute Gasteiger partial charge is 0.469 e. The van der Waals surface area contributed by atoms with E-state index in [0.29, 0.717) is 0 Å². The summed E-state index contributed by atoms with van der Waals surface area (Å²) in [5.41, 5.74) is 1.88. The summed E-state index contributed by atoms with van der Waals surface area (Å²) in [5.74, 6) is -0.224. The van der Waals surface area contributed by atoms with E-state index < -0.39 is 0 Å². The molecule has 0 spiro atoms. The first-order chi connectivity index (χ1) is 10.2. The fourth-order valence-corrected chi connectivity index (χ4v) is 2.93. The average molecular weight is 286 g/mol. The minimum atomic E-state index is -0.272. The van der Waals surface area contributed by atoms with Gasteiger partial charge in [-0.25, -0.2) is 0 Å². The van der Waals surface area contributed by atoms with E-state index in [2.05, 4.69) is 5.32 Å². The van der Waals surface area contributed by atoms with Gasteiger partial charge >= 0.3 is 5.97 Å². The fourth-order valence-electron chi connectivity index (χ4n) is 2.93. The second-order valence-corrected chi connectivity index (χ2v) is 5.28. The van der Waals surface area contributed by atoms with Crippen molar-refractivity contribution in [2.24, 2.45) is 0 Å². The van der Waals surface area contributed by atoms with Crippen LogP contribution in [0.3, 0.4) is 0 Å². The molecule has 1 amide bonds. The van der Waals surface area contributed by atoms with Crippen LogP contribution in [-0.4, -0.2) is 30.1 Å². The summed E-state index contributed by atoms with van der Waals surface area (Å²) in [4.78, 5) is 23.7. The van der Waals surface area contributed by atoms with Gasteiger partial charge in [0.15, 0.2) is 0 Å². The van der Waals surface area contributed by atoms with Gasteiger partial charge in [0, 0.05) is 23.6 Å². The van der Waals surface area contributed by atoms with Gasteiger partial charge in [-0.2, -0.15) is 0 Å². The van der Waals surface area contributed by atoms with E-state index >= 15 is 0 Å². The summed E-state index contributed by atoms with van der Waals surface area (Å²) in [7, 11) is 1.39. The molecular weight excluding hydrogens is 268 g/mol. The highest BCUT2D eigenvalue weighted by atomic mass is 16.5. The lowest BCUT2D eigenvalue weighted by atomic mass is 10.1. The summed E-state index contributed by atoms with van der Waals surface area (Å²) in [6.07, 6.45) is 3.92. The van der Waals surface area contributed by atoms with Gasteiger partial charge in [0.25, 0.3) is 0 Å². The lowest BCUT2D eigenvalue weighted by molar-refractivity contribution is -0.139. The molecule has 1 atom stereocenters. The van der Waals surface area contributed by atoms with Crippen molar-refractivity contribution in [3.63, 3.8) is 0 Å². The normalized spacial score (nSPS) is 18.5. The highest BCUT2D eigenvalue weighted by Crippen LogP contribution is 2.28. The van der Waals surface area contributed by atoms with Crippen molar-refractivity contribution in [1.82, 2.24) is 9.88 Å². The van der Waals surface area contributed by atoms with Gasteiger partial charge < -0.3 is 14.6 Å². The van der Waals surface area contributed by atoms with Crippen LogP contribution in [0.25, 0.3) is 10.9 Å². The Balaban J connectivity index is 2.06. The number of fused-ring (bicyclic) bond motifs is 1. The molecule has 1 fully saturated rings. The van der Waals surface area contributed by atoms with E-state index in [9.17, 15) is 9.59 Å². The standard InChI is InChI=1S/C16H18N2O3/c1-21-15(19)9-11-10-18(13-6-3-2-5-12(11)13)14-7-4-8-17-16(14)20/h2-3,5-6,10,14H,4,7-9H2,1H3,(H,17,20). The molecule has 1 unspecified atom stereocenters. The van der Waals surface area contributed by atoms with Crippen molar-refractivity contribution >= 4 is 22.8 Å². The molecule has 5 nitrogen and oxygen atoms in total. The molecule has 110 valence electrons. The maximum Gasteiger partial charge on any atom is 0.310 e. The minimum absolute atomic E-state index is 0.0478. The fraction of sp³-hybridized carbons (Fsp3) is 0.375. The number of carbonyl (C=O) groups is 2. The number of nitrogens with one attached hydrogen (secondary N) is 1. The monoisotopic (exact) mass is 286 g/mol. The number of aromatic nitrogens is 1. The quantitative estimate of drug-likeness (QED) is 0.875. The number of benzene rings is 1. The predicted molar refractivity (Wildman–Crippen MR) is 78.9 cm³/mol. The molecule has 0 radical (unpaired) electrons. The van der Waals surface area contributed by atoms with E-state index in [-0.39, 0.29) is 24.3 Å². The maximum absolute atomic E-state index is 12.1. The van der Waals surface area contributed by atoms with Crippen molar-refractivity contribution in [2.75, 3.05) is 13.7 Å². The van der Waals surface area contributed by atoms with Crippen molar-refractivity contribution in [3.05, 3.63) is 36.0 Å². The molecule has 21 heavy (non-hydrogen) atoms. The number of esters is 1. The van der Waals surface area contributed by atoms with Crippen LogP contribution in [0.15, 0.2) is 30.5 Å². The third-order valence-corrected chi connectivity index (χ3v) is 3.98. The number of hydrogen-bond acceptors (Lipinski definition) is 3. The molecule has 0 saturated carbocycles. The lowest BCUT2D eigenvalue weighted by Crippen LogP contribution is -2.37. The molecule has 3 rings (SSSR count). The molecule has 2 heterocycles. The van der Waals surface area contributed by atoms with Crippen molar-refractivity contribution < 1.29 is 14.3 Å². The van der Waals surface area contributed by atoms with Gasteiger partial charge in [-0.3, -0.25) is 9.59 Å². The van der Waals surface area contributed by atoms with Crippen LogP contribution in [0, 0.1) is 0 Å². The number of rotatable bonds is 3. The number of nitrogens with zero attached hydrogens (tertiary/aromatic N) is 1. The van der Waals surface area contributed by atoms with E-state index in [0.717, 1.165) is 35.9 Å². The first-order valence-electron chi connectivity index (χ1n) is 7.13. The van der Waals surface area contributed by atoms with E-state index in [1.54, 1.807) is 0 Å². The van der Waals surface area contributed by atoms with Crippen LogP contribution in [0.2, 0.25) is 0 Å². The second-order valence-electron chi connectivity index (χ2n) is 5.28. The summed E-state index contributed by atoms with van der Waals surface area (Å²) in [6.45, 7) is 0.740. The van der Waals surface area contributed by atoms with Crippen LogP contribution in [0.1, 0.15) is 24.4 Å². The Morgan fingerprint density at radius 2 is 2.24 bits per heavy atom. The first-order valence-corrected chi connectivity index (χ1v) is 7.13. The van der Waals surface area contributed by atoms with Crippen LogP contribution in [0.5, 0.6) is 0 Å². The smallest absolute Gasteiger partial charge is 0.310 e. The van der Waals surface area contributed by atoms with Crippen molar-refractivity contribution in [1.29, 1.82) is 0 Å².